The van der Waals surface area contributed by atoms with Gasteiger partial charge in [0.05, 0.1) is 5.56 Å². The zero-order chi connectivity index (χ0) is 28.5. The molecule has 1 heterocycles. The number of aliphatic hydroxyl groups is 1. The van der Waals surface area contributed by atoms with Crippen LogP contribution in [0.15, 0.2) is 67.3 Å². The molecule has 0 fully saturated rings. The Morgan fingerprint density at radius 2 is 1.26 bits per heavy atom. The molecule has 0 bridgehead atoms. The third kappa shape index (κ3) is 5.28. The highest BCUT2D eigenvalue weighted by molar-refractivity contribution is 6.52. The summed E-state index contributed by atoms with van der Waals surface area (Å²) in [6.45, 7) is 12.6. The lowest BCUT2D eigenvalue weighted by molar-refractivity contribution is -0.132. The number of fused-ring (bicyclic) bond motifs is 1. The van der Waals surface area contributed by atoms with Crippen LogP contribution in [0.4, 0.5) is 0 Å². The number of allylic oxidation sites excluding steroid dienone is 9. The number of phenolic OH excluding ortho intramolecular Hbond substituents is 2. The lowest BCUT2D eigenvalue weighted by Gasteiger charge is -2.21. The predicted molar refractivity (Wildman–Crippen MR) is 148 cm³/mol. The summed E-state index contributed by atoms with van der Waals surface area (Å²) in [5.74, 6) is -2.72. The van der Waals surface area contributed by atoms with Gasteiger partial charge in [0.2, 0.25) is 17.0 Å². The van der Waals surface area contributed by atoms with Crippen LogP contribution >= 0.6 is 0 Å². The van der Waals surface area contributed by atoms with E-state index in [4.69, 9.17) is 4.42 Å². The Balaban J connectivity index is 2.44. The van der Waals surface area contributed by atoms with Crippen molar-refractivity contribution < 1.29 is 29.3 Å². The van der Waals surface area contributed by atoms with Crippen molar-refractivity contribution in [2.24, 2.45) is 0 Å². The minimum absolute atomic E-state index is 0.00902. The number of carbonyl (C=O) groups is 2. The summed E-state index contributed by atoms with van der Waals surface area (Å²) in [7, 11) is 0. The normalized spacial score (nSPS) is 13.8. The minimum atomic E-state index is -0.821. The van der Waals surface area contributed by atoms with Crippen LogP contribution in [0.2, 0.25) is 0 Å². The number of carbonyl (C=O) groups excluding carboxylic acids is 2. The molecule has 1 aromatic heterocycles. The first-order chi connectivity index (χ1) is 17.8. The van der Waals surface area contributed by atoms with Crippen LogP contribution in [-0.4, -0.2) is 26.9 Å². The van der Waals surface area contributed by atoms with E-state index < -0.39 is 28.5 Å². The van der Waals surface area contributed by atoms with Gasteiger partial charge in [-0.3, -0.25) is 14.4 Å². The Morgan fingerprint density at radius 3 is 1.82 bits per heavy atom. The highest BCUT2D eigenvalue weighted by Crippen LogP contribution is 2.41. The van der Waals surface area contributed by atoms with Gasteiger partial charge in [0.1, 0.15) is 34.5 Å². The fraction of sp³-hybridized carbons (Fsp3) is 0.323. The monoisotopic (exact) mass is 518 g/mol. The van der Waals surface area contributed by atoms with Gasteiger partial charge < -0.3 is 19.7 Å². The summed E-state index contributed by atoms with van der Waals surface area (Å²) in [6, 6.07) is 0. The molecule has 7 nitrogen and oxygen atoms in total. The molecule has 1 aromatic carbocycles. The second-order valence-electron chi connectivity index (χ2n) is 10.3. The molecule has 0 spiro atoms. The van der Waals surface area contributed by atoms with E-state index in [1.165, 1.54) is 6.92 Å². The number of ketones is 2. The molecule has 0 unspecified atom stereocenters. The van der Waals surface area contributed by atoms with Gasteiger partial charge in [0.15, 0.2) is 0 Å². The van der Waals surface area contributed by atoms with Crippen LogP contribution in [0.3, 0.4) is 0 Å². The van der Waals surface area contributed by atoms with Crippen LogP contribution in [0.5, 0.6) is 11.5 Å². The van der Waals surface area contributed by atoms with Gasteiger partial charge in [-0.05, 0) is 67.7 Å². The van der Waals surface area contributed by atoms with E-state index in [1.807, 2.05) is 47.6 Å². The number of hydrogen-bond donors (Lipinski definition) is 3. The lowest BCUT2D eigenvalue weighted by atomic mass is 9.82. The number of benzene rings is 1. The number of aliphatic hydroxyl groups excluding tert-OH is 1. The predicted octanol–water partition coefficient (Wildman–Crippen LogP) is 6.45. The topological polar surface area (TPSA) is 125 Å². The number of aromatic hydroxyl groups is 2. The summed E-state index contributed by atoms with van der Waals surface area (Å²) in [6.07, 6.45) is 6.71. The van der Waals surface area contributed by atoms with Crippen molar-refractivity contribution >= 4 is 28.1 Å². The number of Topliss-reactive ketones (excluding diaryl/α,β-unsaturated/α-hetero) is 2. The van der Waals surface area contributed by atoms with Crippen molar-refractivity contribution in [2.75, 3.05) is 0 Å². The molecule has 0 saturated heterocycles. The molecule has 0 aliphatic heterocycles. The quantitative estimate of drug-likeness (QED) is 0.218. The minimum Gasteiger partial charge on any atom is -0.507 e. The summed E-state index contributed by atoms with van der Waals surface area (Å²) in [5.41, 5.74) is 2.14. The summed E-state index contributed by atoms with van der Waals surface area (Å²) in [5, 5.41) is 32.7. The molecular formula is C31H34O7. The van der Waals surface area contributed by atoms with Gasteiger partial charge in [-0.25, -0.2) is 0 Å². The molecule has 1 aliphatic rings. The van der Waals surface area contributed by atoms with E-state index >= 15 is 0 Å². The Morgan fingerprint density at radius 1 is 0.763 bits per heavy atom. The first-order valence-electron chi connectivity index (χ1n) is 12.4. The van der Waals surface area contributed by atoms with Crippen LogP contribution in [0, 0.1) is 6.92 Å². The third-order valence-corrected chi connectivity index (χ3v) is 6.49. The second kappa shape index (κ2) is 11.1. The lowest BCUT2D eigenvalue weighted by Crippen LogP contribution is -2.27. The first kappa shape index (κ1) is 28.4. The maximum atomic E-state index is 13.9. The average Bonchev–Trinajstić information content (AvgIpc) is 2.83. The summed E-state index contributed by atoms with van der Waals surface area (Å²) in [4.78, 5) is 40.1. The van der Waals surface area contributed by atoms with Gasteiger partial charge in [-0.2, -0.15) is 0 Å². The summed E-state index contributed by atoms with van der Waals surface area (Å²) < 4.78 is 5.83. The molecule has 7 heteroatoms. The van der Waals surface area contributed by atoms with Crippen LogP contribution in [-0.2, 0) is 16.0 Å². The fourth-order valence-corrected chi connectivity index (χ4v) is 4.28. The van der Waals surface area contributed by atoms with E-state index in [0.717, 1.165) is 23.0 Å². The zero-order valence-electron chi connectivity index (χ0n) is 22.9. The maximum Gasteiger partial charge on any atom is 0.233 e. The molecule has 0 radical (unpaired) electrons. The van der Waals surface area contributed by atoms with Crippen LogP contribution < -0.4 is 5.43 Å². The maximum absolute atomic E-state index is 13.9. The number of rotatable bonds is 7. The molecular weight excluding hydrogens is 484 g/mol. The van der Waals surface area contributed by atoms with E-state index in [-0.39, 0.29) is 63.8 Å². The average molecular weight is 519 g/mol. The molecule has 2 aromatic rings. The van der Waals surface area contributed by atoms with Crippen molar-refractivity contribution in [3.8, 4) is 11.5 Å². The molecule has 3 rings (SSSR count). The third-order valence-electron chi connectivity index (χ3n) is 6.49. The van der Waals surface area contributed by atoms with Gasteiger partial charge >= 0.3 is 0 Å². The Labute approximate surface area is 221 Å². The highest BCUT2D eigenvalue weighted by atomic mass is 16.3. The van der Waals surface area contributed by atoms with Gasteiger partial charge in [-0.1, -0.05) is 34.9 Å². The zero-order valence-corrected chi connectivity index (χ0v) is 22.9. The highest BCUT2D eigenvalue weighted by Gasteiger charge is 2.36. The first-order valence-corrected chi connectivity index (χ1v) is 12.4. The number of hydrogen-bond acceptors (Lipinski definition) is 7. The smallest absolute Gasteiger partial charge is 0.233 e. The second-order valence-corrected chi connectivity index (χ2v) is 10.3. The largest absolute Gasteiger partial charge is 0.507 e. The molecule has 38 heavy (non-hydrogen) atoms. The Hall–Kier alpha value is -4.13. The Kier molecular flexibility index (Phi) is 8.30. The van der Waals surface area contributed by atoms with E-state index in [9.17, 15) is 29.7 Å². The molecule has 0 amide bonds. The summed E-state index contributed by atoms with van der Waals surface area (Å²) >= 11 is 0. The van der Waals surface area contributed by atoms with Crippen LogP contribution in [0.1, 0.15) is 71.1 Å². The standard InChI is InChI=1S/C31H34O7/c1-15(2)8-11-19-23(27(34)20(12-9-16(3)4)30(37)29(19)36)22-14-38-31-21(13-10-17(5)6)25(32)18(7)26(33)24(31)28(22)35/h8-10,14,32-34H,11-13H2,1-7H3. The molecule has 3 N–H and O–H groups in total. The Bertz CT molecular complexity index is 1560. The molecule has 0 atom stereocenters. The molecule has 1 aliphatic carbocycles. The van der Waals surface area contributed by atoms with E-state index in [2.05, 4.69) is 0 Å². The van der Waals surface area contributed by atoms with Gasteiger partial charge in [0, 0.05) is 27.8 Å². The van der Waals surface area contributed by atoms with Crippen molar-refractivity contribution in [1.82, 2.24) is 0 Å². The van der Waals surface area contributed by atoms with Crippen molar-refractivity contribution in [3.05, 3.63) is 85.0 Å². The molecule has 200 valence electrons. The van der Waals surface area contributed by atoms with E-state index in [0.29, 0.717) is 5.56 Å². The molecule has 0 saturated carbocycles. The SMILES string of the molecule is CC(C)=CCC1=C(O)C(c2coc3c(CC=C(C)C)c(O)c(C)c(O)c3c2=O)=C(CC=C(C)C)C(=O)C1=O. The van der Waals surface area contributed by atoms with Gasteiger partial charge in [-0.15, -0.1) is 0 Å². The van der Waals surface area contributed by atoms with Crippen molar-refractivity contribution in [1.29, 1.82) is 0 Å². The fourth-order valence-electron chi connectivity index (χ4n) is 4.28. The van der Waals surface area contributed by atoms with Crippen molar-refractivity contribution in [3.63, 3.8) is 0 Å². The van der Waals surface area contributed by atoms with E-state index in [1.54, 1.807) is 12.2 Å². The van der Waals surface area contributed by atoms with Crippen molar-refractivity contribution in [2.45, 2.75) is 67.7 Å². The van der Waals surface area contributed by atoms with Crippen LogP contribution in [0.25, 0.3) is 16.5 Å². The van der Waals surface area contributed by atoms with Gasteiger partial charge in [0.25, 0.3) is 0 Å². The number of phenols is 2.